The first-order valence-electron chi connectivity index (χ1n) is 7.43. The van der Waals surface area contributed by atoms with Gasteiger partial charge in [-0.05, 0) is 38.9 Å². The van der Waals surface area contributed by atoms with Gasteiger partial charge in [-0.25, -0.2) is 5.01 Å². The summed E-state index contributed by atoms with van der Waals surface area (Å²) in [6.45, 7) is 3.82. The van der Waals surface area contributed by atoms with Crippen molar-refractivity contribution in [2.45, 2.75) is 25.8 Å². The molecule has 1 aromatic rings. The summed E-state index contributed by atoms with van der Waals surface area (Å²) in [7, 11) is 0. The molecular formula is C14H21N5O3. The van der Waals surface area contributed by atoms with Gasteiger partial charge in [0.15, 0.2) is 0 Å². The predicted molar refractivity (Wildman–Crippen MR) is 83.5 cm³/mol. The van der Waals surface area contributed by atoms with Crippen molar-refractivity contribution in [2.75, 3.05) is 36.6 Å². The molecule has 0 radical (unpaired) electrons. The Bertz CT molecular complexity index is 505. The standard InChI is InChI=1S/C14H21N5O3/c1-2-22-14(20)10-17-12-5-8-16-9-13(12)19(18-21)11-3-6-15-7-4-11/h5,8-9,11,15H,2-4,6-7,10H2,1H3,(H,16,17). The fraction of sp³-hybridized carbons (Fsp3) is 0.571. The minimum atomic E-state index is -0.349. The lowest BCUT2D eigenvalue weighted by Crippen LogP contribution is -2.40. The fourth-order valence-corrected chi connectivity index (χ4v) is 2.46. The van der Waals surface area contributed by atoms with Crippen LogP contribution in [0.4, 0.5) is 11.4 Å². The number of rotatable bonds is 7. The molecule has 8 heteroatoms. The highest BCUT2D eigenvalue weighted by Gasteiger charge is 2.24. The van der Waals surface area contributed by atoms with Crippen LogP contribution in [0.2, 0.25) is 0 Å². The van der Waals surface area contributed by atoms with Gasteiger partial charge in [-0.2, -0.15) is 0 Å². The second-order valence-corrected chi connectivity index (χ2v) is 4.96. The van der Waals surface area contributed by atoms with Gasteiger partial charge in [0.2, 0.25) is 0 Å². The van der Waals surface area contributed by atoms with E-state index >= 15 is 0 Å². The molecule has 2 N–H and O–H groups in total. The highest BCUT2D eigenvalue weighted by atomic mass is 16.5. The Labute approximate surface area is 129 Å². The van der Waals surface area contributed by atoms with E-state index in [4.69, 9.17) is 4.74 Å². The molecule has 0 atom stereocenters. The second kappa shape index (κ2) is 8.28. The number of nitroso groups, excluding NO2 is 1. The zero-order chi connectivity index (χ0) is 15.8. The number of nitrogens with zero attached hydrogens (tertiary/aromatic N) is 3. The summed E-state index contributed by atoms with van der Waals surface area (Å²) in [6.07, 6.45) is 4.84. The number of piperidine rings is 1. The lowest BCUT2D eigenvalue weighted by atomic mass is 10.1. The van der Waals surface area contributed by atoms with Crippen LogP contribution in [0.25, 0.3) is 0 Å². The quantitative estimate of drug-likeness (QED) is 0.445. The lowest BCUT2D eigenvalue weighted by molar-refractivity contribution is -0.140. The zero-order valence-electron chi connectivity index (χ0n) is 12.6. The van der Waals surface area contributed by atoms with E-state index in [1.807, 2.05) is 0 Å². The van der Waals surface area contributed by atoms with E-state index in [2.05, 4.69) is 20.9 Å². The maximum absolute atomic E-state index is 11.5. The molecule has 8 nitrogen and oxygen atoms in total. The molecule has 1 aliphatic rings. The van der Waals surface area contributed by atoms with Crippen LogP contribution >= 0.6 is 0 Å². The van der Waals surface area contributed by atoms with Crippen LogP contribution in [-0.4, -0.2) is 43.2 Å². The van der Waals surface area contributed by atoms with E-state index in [0.717, 1.165) is 25.9 Å². The Morgan fingerprint density at radius 1 is 1.55 bits per heavy atom. The van der Waals surface area contributed by atoms with Gasteiger partial charge in [0, 0.05) is 6.20 Å². The molecule has 0 aromatic carbocycles. The molecule has 1 aromatic heterocycles. The molecule has 0 aliphatic carbocycles. The minimum absolute atomic E-state index is 0.0315. The SMILES string of the molecule is CCOC(=O)CNc1ccncc1N(N=O)C1CCNCC1. The van der Waals surface area contributed by atoms with Crippen molar-refractivity contribution in [3.63, 3.8) is 0 Å². The Balaban J connectivity index is 2.11. The summed E-state index contributed by atoms with van der Waals surface area (Å²) in [6, 6.07) is 1.75. The van der Waals surface area contributed by atoms with Crippen molar-refractivity contribution in [3.8, 4) is 0 Å². The molecule has 22 heavy (non-hydrogen) atoms. The molecule has 120 valence electrons. The van der Waals surface area contributed by atoms with Crippen LogP contribution in [0.3, 0.4) is 0 Å². The summed E-state index contributed by atoms with van der Waals surface area (Å²) in [5.41, 5.74) is 1.22. The molecule has 0 unspecified atom stereocenters. The van der Waals surface area contributed by atoms with Gasteiger partial charge < -0.3 is 15.4 Å². The summed E-state index contributed by atoms with van der Waals surface area (Å²) in [4.78, 5) is 26.8. The Kier molecular flexibility index (Phi) is 6.08. The monoisotopic (exact) mass is 307 g/mol. The molecule has 0 saturated carbocycles. The number of nitrogens with one attached hydrogen (secondary N) is 2. The molecule has 1 fully saturated rings. The molecule has 0 spiro atoms. The van der Waals surface area contributed by atoms with Crippen LogP contribution in [0, 0.1) is 4.91 Å². The Morgan fingerprint density at radius 2 is 2.32 bits per heavy atom. The molecule has 1 aliphatic heterocycles. The van der Waals surface area contributed by atoms with Gasteiger partial charge in [-0.3, -0.25) is 9.78 Å². The van der Waals surface area contributed by atoms with Crippen LogP contribution in [0.1, 0.15) is 19.8 Å². The van der Waals surface area contributed by atoms with Crippen molar-refractivity contribution in [3.05, 3.63) is 23.4 Å². The first kappa shape index (κ1) is 16.2. The van der Waals surface area contributed by atoms with Crippen molar-refractivity contribution in [1.82, 2.24) is 10.3 Å². The van der Waals surface area contributed by atoms with Gasteiger partial charge >= 0.3 is 5.97 Å². The minimum Gasteiger partial charge on any atom is -0.465 e. The summed E-state index contributed by atoms with van der Waals surface area (Å²) < 4.78 is 4.88. The van der Waals surface area contributed by atoms with E-state index in [0.29, 0.717) is 18.0 Å². The first-order chi connectivity index (χ1) is 10.8. The van der Waals surface area contributed by atoms with Crippen molar-refractivity contribution < 1.29 is 9.53 Å². The van der Waals surface area contributed by atoms with Gasteiger partial charge in [0.25, 0.3) is 0 Å². The lowest BCUT2D eigenvalue weighted by Gasteiger charge is -2.30. The zero-order valence-corrected chi connectivity index (χ0v) is 12.6. The number of carbonyl (C=O) groups excluding carboxylic acids is 1. The van der Waals surface area contributed by atoms with E-state index in [-0.39, 0.29) is 18.6 Å². The number of pyridine rings is 1. The Hall–Kier alpha value is -2.22. The maximum Gasteiger partial charge on any atom is 0.325 e. The third kappa shape index (κ3) is 4.14. The van der Waals surface area contributed by atoms with E-state index in [9.17, 15) is 9.70 Å². The summed E-state index contributed by atoms with van der Waals surface area (Å²) in [5, 5.41) is 10.8. The molecular weight excluding hydrogens is 286 g/mol. The number of hydrogen-bond donors (Lipinski definition) is 2. The first-order valence-corrected chi connectivity index (χ1v) is 7.43. The van der Waals surface area contributed by atoms with Crippen molar-refractivity contribution in [1.29, 1.82) is 0 Å². The Morgan fingerprint density at radius 3 is 3.00 bits per heavy atom. The molecule has 2 rings (SSSR count). The van der Waals surface area contributed by atoms with Gasteiger partial charge in [-0.1, -0.05) is 0 Å². The fourth-order valence-electron chi connectivity index (χ4n) is 2.46. The highest BCUT2D eigenvalue weighted by molar-refractivity contribution is 5.78. The number of esters is 1. The second-order valence-electron chi connectivity index (χ2n) is 4.96. The normalized spacial score (nSPS) is 15.1. The number of hydrogen-bond acceptors (Lipinski definition) is 7. The molecule has 0 amide bonds. The largest absolute Gasteiger partial charge is 0.465 e. The molecule has 1 saturated heterocycles. The average molecular weight is 307 g/mol. The van der Waals surface area contributed by atoms with Gasteiger partial charge in [0.05, 0.1) is 29.8 Å². The van der Waals surface area contributed by atoms with Crippen molar-refractivity contribution >= 4 is 17.3 Å². The van der Waals surface area contributed by atoms with Crippen LogP contribution in [0.5, 0.6) is 0 Å². The number of ether oxygens (including phenoxy) is 1. The molecule has 2 heterocycles. The van der Waals surface area contributed by atoms with E-state index in [1.165, 1.54) is 5.01 Å². The third-order valence-corrected chi connectivity index (χ3v) is 3.52. The number of aromatic nitrogens is 1. The van der Waals surface area contributed by atoms with Crippen LogP contribution < -0.4 is 15.6 Å². The predicted octanol–water partition coefficient (Wildman–Crippen LogP) is 1.30. The van der Waals surface area contributed by atoms with Gasteiger partial charge in [-0.15, -0.1) is 4.91 Å². The van der Waals surface area contributed by atoms with E-state index in [1.54, 1.807) is 25.4 Å². The van der Waals surface area contributed by atoms with Crippen LogP contribution in [-0.2, 0) is 9.53 Å². The van der Waals surface area contributed by atoms with E-state index < -0.39 is 0 Å². The third-order valence-electron chi connectivity index (χ3n) is 3.52. The van der Waals surface area contributed by atoms with Gasteiger partial charge in [0.1, 0.15) is 12.2 Å². The highest BCUT2D eigenvalue weighted by Crippen LogP contribution is 2.28. The topological polar surface area (TPSA) is 95.9 Å². The summed E-state index contributed by atoms with van der Waals surface area (Å²) in [5.74, 6) is -0.349. The maximum atomic E-state index is 11.5. The average Bonchev–Trinajstić information content (AvgIpc) is 2.56. The van der Waals surface area contributed by atoms with Crippen LogP contribution in [0.15, 0.2) is 23.7 Å². The molecule has 0 bridgehead atoms. The smallest absolute Gasteiger partial charge is 0.325 e. The summed E-state index contributed by atoms with van der Waals surface area (Å²) >= 11 is 0. The number of carbonyl (C=O) groups is 1. The number of anilines is 2. The van der Waals surface area contributed by atoms with Crippen molar-refractivity contribution in [2.24, 2.45) is 5.29 Å².